The van der Waals surface area contributed by atoms with Crippen LogP contribution in [0.5, 0.6) is 0 Å². The van der Waals surface area contributed by atoms with Crippen molar-refractivity contribution in [3.8, 4) is 22.4 Å². The van der Waals surface area contributed by atoms with Gasteiger partial charge in [0.15, 0.2) is 5.65 Å². The van der Waals surface area contributed by atoms with Crippen molar-refractivity contribution in [3.05, 3.63) is 82.5 Å². The predicted octanol–water partition coefficient (Wildman–Crippen LogP) is 4.37. The van der Waals surface area contributed by atoms with E-state index in [2.05, 4.69) is 10.1 Å². The molecule has 0 bridgehead atoms. The van der Waals surface area contributed by atoms with Crippen molar-refractivity contribution in [2.75, 3.05) is 0 Å². The Bertz CT molecular complexity index is 1170. The van der Waals surface area contributed by atoms with Gasteiger partial charge in [-0.2, -0.15) is 0 Å². The number of fused-ring (bicyclic) bond motifs is 1. The molecule has 5 heteroatoms. The van der Waals surface area contributed by atoms with Gasteiger partial charge in [0.05, 0.1) is 5.69 Å². The Hall–Kier alpha value is -3.21. The van der Waals surface area contributed by atoms with Crippen LogP contribution < -0.4 is 5.56 Å². The molecule has 1 fully saturated rings. The molecule has 0 aliphatic heterocycles. The Kier molecular flexibility index (Phi) is 3.28. The van der Waals surface area contributed by atoms with Gasteiger partial charge in [0.25, 0.3) is 5.56 Å². The zero-order valence-corrected chi connectivity index (χ0v) is 13.9. The monoisotopic (exact) mass is 345 g/mol. The van der Waals surface area contributed by atoms with Crippen LogP contribution in [0.25, 0.3) is 28.0 Å². The topological polar surface area (TPSA) is 50.2 Å². The highest BCUT2D eigenvalue weighted by atomic mass is 19.1. The zero-order chi connectivity index (χ0) is 17.7. The second kappa shape index (κ2) is 5.66. The number of benzene rings is 2. The van der Waals surface area contributed by atoms with Crippen LogP contribution in [0.4, 0.5) is 4.39 Å². The fraction of sp³-hybridized carbons (Fsp3) is 0.143. The minimum Gasteiger partial charge on any atom is -0.293 e. The first-order valence-corrected chi connectivity index (χ1v) is 8.68. The molecule has 128 valence electrons. The highest BCUT2D eigenvalue weighted by Gasteiger charge is 2.30. The highest BCUT2D eigenvalue weighted by molar-refractivity contribution is 5.82. The highest BCUT2D eigenvalue weighted by Crippen LogP contribution is 2.44. The molecule has 4 nitrogen and oxygen atoms in total. The number of aromatic nitrogens is 3. The second-order valence-electron chi connectivity index (χ2n) is 6.66. The lowest BCUT2D eigenvalue weighted by atomic mass is 10.0. The summed E-state index contributed by atoms with van der Waals surface area (Å²) < 4.78 is 15.7. The van der Waals surface area contributed by atoms with Crippen LogP contribution in [0, 0.1) is 5.82 Å². The van der Waals surface area contributed by atoms with E-state index in [0.717, 1.165) is 29.7 Å². The van der Waals surface area contributed by atoms with Gasteiger partial charge in [-0.1, -0.05) is 42.5 Å². The molecule has 0 saturated heterocycles. The normalized spacial score (nSPS) is 14.0. The van der Waals surface area contributed by atoms with E-state index >= 15 is 0 Å². The number of nitrogens with one attached hydrogen (secondary N) is 1. The maximum Gasteiger partial charge on any atom is 0.273 e. The molecule has 2 heterocycles. The molecule has 0 unspecified atom stereocenters. The second-order valence-corrected chi connectivity index (χ2v) is 6.66. The van der Waals surface area contributed by atoms with E-state index in [1.165, 1.54) is 16.6 Å². The van der Waals surface area contributed by atoms with E-state index < -0.39 is 0 Å². The summed E-state index contributed by atoms with van der Waals surface area (Å²) in [6.45, 7) is 0. The number of hydrogen-bond acceptors (Lipinski definition) is 2. The van der Waals surface area contributed by atoms with Gasteiger partial charge in [-0.15, -0.1) is 0 Å². The average molecular weight is 345 g/mol. The predicted molar refractivity (Wildman–Crippen MR) is 98.6 cm³/mol. The van der Waals surface area contributed by atoms with Crippen LogP contribution >= 0.6 is 0 Å². The van der Waals surface area contributed by atoms with Crippen molar-refractivity contribution < 1.29 is 4.39 Å². The molecule has 2 aromatic carbocycles. The van der Waals surface area contributed by atoms with Crippen LogP contribution in [0.15, 0.2) is 65.5 Å². The Balaban J connectivity index is 1.83. The summed E-state index contributed by atoms with van der Waals surface area (Å²) in [5.74, 6) is 0.0335. The van der Waals surface area contributed by atoms with Crippen molar-refractivity contribution in [1.29, 1.82) is 0 Å². The van der Waals surface area contributed by atoms with E-state index in [1.807, 2.05) is 30.3 Å². The molecule has 5 rings (SSSR count). The molecule has 0 radical (unpaired) electrons. The van der Waals surface area contributed by atoms with Gasteiger partial charge in [-0.3, -0.25) is 9.89 Å². The van der Waals surface area contributed by atoms with Crippen molar-refractivity contribution in [3.63, 3.8) is 0 Å². The summed E-state index contributed by atoms with van der Waals surface area (Å²) in [5.41, 5.74) is 3.97. The summed E-state index contributed by atoms with van der Waals surface area (Å²) in [6, 6.07) is 17.7. The lowest BCUT2D eigenvalue weighted by Gasteiger charge is -2.05. The van der Waals surface area contributed by atoms with Crippen molar-refractivity contribution in [2.45, 2.75) is 18.8 Å². The minimum atomic E-state index is -0.386. The molecule has 26 heavy (non-hydrogen) atoms. The van der Waals surface area contributed by atoms with Gasteiger partial charge in [0.1, 0.15) is 5.82 Å². The number of H-pyrrole nitrogens is 1. The maximum absolute atomic E-state index is 14.2. The number of halogens is 1. The Labute approximate surface area is 148 Å². The van der Waals surface area contributed by atoms with Gasteiger partial charge in [-0.05, 0) is 30.5 Å². The van der Waals surface area contributed by atoms with Crippen LogP contribution in [-0.2, 0) is 0 Å². The van der Waals surface area contributed by atoms with Crippen molar-refractivity contribution in [1.82, 2.24) is 14.6 Å². The fourth-order valence-electron chi connectivity index (χ4n) is 3.42. The van der Waals surface area contributed by atoms with Crippen molar-refractivity contribution in [2.24, 2.45) is 0 Å². The van der Waals surface area contributed by atoms with E-state index in [1.54, 1.807) is 18.2 Å². The number of aromatic amines is 1. The standard InChI is InChI=1S/C21H16FN3O/c22-16-9-5-4-8-15(16)17-12-18(26)25-21(23-17)19(13-6-2-1-3-7-13)20(24-25)14-10-11-14/h1-9,12,14,24H,10-11H2. The molecule has 1 aliphatic carbocycles. The van der Waals surface area contributed by atoms with Crippen LogP contribution in [0.2, 0.25) is 0 Å². The van der Waals surface area contributed by atoms with Gasteiger partial charge in [0, 0.05) is 28.8 Å². The van der Waals surface area contributed by atoms with Crippen LogP contribution in [0.1, 0.15) is 24.5 Å². The number of rotatable bonds is 3. The first-order chi connectivity index (χ1) is 12.7. The SMILES string of the molecule is O=c1cc(-c2ccccc2F)nc2c(-c3ccccc3)c(C3CC3)[nH]n12. The first-order valence-electron chi connectivity index (χ1n) is 8.68. The molecular formula is C21H16FN3O. The van der Waals surface area contributed by atoms with Crippen LogP contribution in [-0.4, -0.2) is 14.6 Å². The van der Waals surface area contributed by atoms with Crippen LogP contribution in [0.3, 0.4) is 0 Å². The lowest BCUT2D eigenvalue weighted by molar-refractivity contribution is 0.630. The summed E-state index contributed by atoms with van der Waals surface area (Å²) in [7, 11) is 0. The van der Waals surface area contributed by atoms with Gasteiger partial charge in [-0.25, -0.2) is 13.9 Å². The molecule has 4 aromatic rings. The molecule has 1 saturated carbocycles. The molecule has 0 atom stereocenters. The largest absolute Gasteiger partial charge is 0.293 e. The summed E-state index contributed by atoms with van der Waals surface area (Å²) in [4.78, 5) is 17.4. The average Bonchev–Trinajstić information content (AvgIpc) is 3.43. The minimum absolute atomic E-state index is 0.239. The third-order valence-corrected chi connectivity index (χ3v) is 4.84. The van der Waals surface area contributed by atoms with Crippen molar-refractivity contribution >= 4 is 5.65 Å². The summed E-state index contributed by atoms with van der Waals surface area (Å²) in [6.07, 6.45) is 2.20. The van der Waals surface area contributed by atoms with Gasteiger partial charge in [0.2, 0.25) is 0 Å². The van der Waals surface area contributed by atoms with E-state index in [9.17, 15) is 9.18 Å². The molecular weight excluding hydrogens is 329 g/mol. The smallest absolute Gasteiger partial charge is 0.273 e. The van der Waals surface area contributed by atoms with E-state index in [0.29, 0.717) is 22.8 Å². The molecule has 1 aliphatic rings. The van der Waals surface area contributed by atoms with Gasteiger partial charge < -0.3 is 0 Å². The quantitative estimate of drug-likeness (QED) is 0.599. The third kappa shape index (κ3) is 2.36. The van der Waals surface area contributed by atoms with E-state index in [4.69, 9.17) is 0 Å². The summed E-state index contributed by atoms with van der Waals surface area (Å²) >= 11 is 0. The number of hydrogen-bond donors (Lipinski definition) is 1. The van der Waals surface area contributed by atoms with E-state index in [-0.39, 0.29) is 11.4 Å². The summed E-state index contributed by atoms with van der Waals surface area (Å²) in [5, 5.41) is 3.23. The molecule has 2 aromatic heterocycles. The maximum atomic E-state index is 14.2. The Morgan fingerprint density at radius 3 is 2.50 bits per heavy atom. The fourth-order valence-corrected chi connectivity index (χ4v) is 3.42. The molecule has 0 amide bonds. The molecule has 1 N–H and O–H groups in total. The lowest BCUT2D eigenvalue weighted by Crippen LogP contribution is -2.14. The number of nitrogens with zero attached hydrogens (tertiary/aromatic N) is 2. The first kappa shape index (κ1) is 15.1. The molecule has 0 spiro atoms. The zero-order valence-electron chi connectivity index (χ0n) is 13.9. The van der Waals surface area contributed by atoms with Gasteiger partial charge >= 0.3 is 0 Å². The Morgan fingerprint density at radius 2 is 1.77 bits per heavy atom. The Morgan fingerprint density at radius 1 is 1.04 bits per heavy atom. The third-order valence-electron chi connectivity index (χ3n) is 4.84.